The van der Waals surface area contributed by atoms with Crippen LogP contribution >= 0.6 is 24.0 Å². The molecule has 0 aliphatic heterocycles. The zero-order valence-electron chi connectivity index (χ0n) is 14.9. The molecule has 2 N–H and O–H groups in total. The molecular weight excluding hydrogens is 427 g/mol. The predicted octanol–water partition coefficient (Wildman–Crippen LogP) is 3.19. The molecule has 6 heteroatoms. The molecule has 2 aliphatic rings. The van der Waals surface area contributed by atoms with Crippen molar-refractivity contribution in [2.24, 2.45) is 10.4 Å². The van der Waals surface area contributed by atoms with Crippen LogP contribution in [0.2, 0.25) is 0 Å². The number of hydrogen-bond acceptors (Lipinski definition) is 3. The van der Waals surface area contributed by atoms with Gasteiger partial charge in [-0.05, 0) is 43.9 Å². The lowest BCUT2D eigenvalue weighted by Crippen LogP contribution is -2.68. The molecule has 0 heterocycles. The molecule has 0 aromatic heterocycles. The highest BCUT2D eigenvalue weighted by Crippen LogP contribution is 2.57. The fourth-order valence-electron chi connectivity index (χ4n) is 3.88. The van der Waals surface area contributed by atoms with Gasteiger partial charge in [0.1, 0.15) is 0 Å². The first-order chi connectivity index (χ1) is 11.7. The lowest BCUT2D eigenvalue weighted by Gasteiger charge is -2.61. The Hall–Kier alpha value is -1.33. The third kappa shape index (κ3) is 4.09. The van der Waals surface area contributed by atoms with Gasteiger partial charge in [-0.2, -0.15) is 5.26 Å². The number of aliphatic imine (C=N–C) groups is 1. The molecule has 0 bridgehead atoms. The Labute approximate surface area is 167 Å². The van der Waals surface area contributed by atoms with Crippen molar-refractivity contribution in [3.05, 3.63) is 35.4 Å². The first-order valence-corrected chi connectivity index (χ1v) is 8.79. The number of halogens is 1. The van der Waals surface area contributed by atoms with Gasteiger partial charge in [-0.1, -0.05) is 18.6 Å². The van der Waals surface area contributed by atoms with E-state index in [1.807, 2.05) is 24.3 Å². The summed E-state index contributed by atoms with van der Waals surface area (Å²) < 4.78 is 5.91. The Morgan fingerprint density at radius 3 is 2.60 bits per heavy atom. The van der Waals surface area contributed by atoms with Gasteiger partial charge in [-0.15, -0.1) is 24.0 Å². The Kier molecular flexibility index (Phi) is 7.08. The van der Waals surface area contributed by atoms with E-state index < -0.39 is 0 Å². The van der Waals surface area contributed by atoms with Crippen LogP contribution in [0.25, 0.3) is 0 Å². The van der Waals surface area contributed by atoms with Gasteiger partial charge in [0.2, 0.25) is 0 Å². The molecule has 2 aliphatic carbocycles. The first-order valence-electron chi connectivity index (χ1n) is 8.79. The summed E-state index contributed by atoms with van der Waals surface area (Å²) in [4.78, 5) is 4.35. The number of benzene rings is 1. The third-order valence-corrected chi connectivity index (χ3v) is 5.51. The molecule has 0 saturated heterocycles. The lowest BCUT2D eigenvalue weighted by atomic mass is 9.51. The summed E-state index contributed by atoms with van der Waals surface area (Å²) in [6.45, 7) is 3.57. The maximum atomic E-state index is 8.85. The minimum Gasteiger partial charge on any atom is -0.378 e. The van der Waals surface area contributed by atoms with Gasteiger partial charge in [-0.3, -0.25) is 4.99 Å². The van der Waals surface area contributed by atoms with Crippen molar-refractivity contribution in [2.45, 2.75) is 51.3 Å². The second kappa shape index (κ2) is 8.86. The van der Waals surface area contributed by atoms with Crippen molar-refractivity contribution in [3.63, 3.8) is 0 Å². The fourth-order valence-corrected chi connectivity index (χ4v) is 3.88. The summed E-state index contributed by atoms with van der Waals surface area (Å²) in [5, 5.41) is 15.8. The van der Waals surface area contributed by atoms with Gasteiger partial charge in [0.25, 0.3) is 0 Å². The number of nitriles is 1. The van der Waals surface area contributed by atoms with Crippen molar-refractivity contribution in [1.29, 1.82) is 5.26 Å². The Morgan fingerprint density at radius 2 is 2.08 bits per heavy atom. The molecule has 2 atom stereocenters. The predicted molar refractivity (Wildman–Crippen MR) is 110 cm³/mol. The van der Waals surface area contributed by atoms with Crippen LogP contribution in [0.1, 0.15) is 43.7 Å². The summed E-state index contributed by atoms with van der Waals surface area (Å²) in [6, 6.07) is 10.2. The highest BCUT2D eigenvalue weighted by molar-refractivity contribution is 14.0. The molecule has 1 spiro atoms. The van der Waals surface area contributed by atoms with Crippen LogP contribution in [0.3, 0.4) is 0 Å². The Balaban J connectivity index is 0.00000225. The van der Waals surface area contributed by atoms with E-state index in [0.717, 1.165) is 24.6 Å². The number of hydrogen-bond donors (Lipinski definition) is 2. The van der Waals surface area contributed by atoms with E-state index in [0.29, 0.717) is 29.7 Å². The van der Waals surface area contributed by atoms with Crippen molar-refractivity contribution < 1.29 is 4.74 Å². The van der Waals surface area contributed by atoms with Crippen molar-refractivity contribution >= 4 is 29.9 Å². The average molecular weight is 454 g/mol. The molecule has 3 rings (SSSR count). The molecule has 25 heavy (non-hydrogen) atoms. The van der Waals surface area contributed by atoms with Crippen molar-refractivity contribution in [2.75, 3.05) is 13.7 Å². The van der Waals surface area contributed by atoms with E-state index >= 15 is 0 Å². The molecule has 0 radical (unpaired) electrons. The summed E-state index contributed by atoms with van der Waals surface area (Å²) in [5.41, 5.74) is 2.14. The summed E-state index contributed by atoms with van der Waals surface area (Å²) in [7, 11) is 1.81. The third-order valence-electron chi connectivity index (χ3n) is 5.51. The molecule has 5 nitrogen and oxygen atoms in total. The molecular formula is C19H27IN4O. The van der Waals surface area contributed by atoms with Crippen LogP contribution in [0.15, 0.2) is 29.3 Å². The van der Waals surface area contributed by atoms with Crippen LogP contribution in [-0.4, -0.2) is 31.8 Å². The summed E-state index contributed by atoms with van der Waals surface area (Å²) in [5.74, 6) is 0.839. The zero-order chi connectivity index (χ0) is 17.0. The largest absolute Gasteiger partial charge is 0.378 e. The van der Waals surface area contributed by atoms with E-state index in [4.69, 9.17) is 10.00 Å². The topological polar surface area (TPSA) is 69.4 Å². The SMILES string of the molecule is CCOC1CC(NC(=NC)NCc2ccc(C#N)cc2)C12CCC2.I. The van der Waals surface area contributed by atoms with Crippen molar-refractivity contribution in [3.8, 4) is 6.07 Å². The van der Waals surface area contributed by atoms with Crippen LogP contribution < -0.4 is 10.6 Å². The van der Waals surface area contributed by atoms with Crippen LogP contribution in [0, 0.1) is 16.7 Å². The number of rotatable bonds is 5. The molecule has 1 aromatic carbocycles. The van der Waals surface area contributed by atoms with Gasteiger partial charge in [-0.25, -0.2) is 0 Å². The van der Waals surface area contributed by atoms with Crippen molar-refractivity contribution in [1.82, 2.24) is 10.6 Å². The van der Waals surface area contributed by atoms with Gasteiger partial charge in [0.15, 0.2) is 5.96 Å². The van der Waals surface area contributed by atoms with Gasteiger partial charge in [0, 0.05) is 31.7 Å². The Bertz CT molecular complexity index is 634. The van der Waals surface area contributed by atoms with Crippen LogP contribution in [0.4, 0.5) is 0 Å². The number of nitrogens with zero attached hydrogens (tertiary/aromatic N) is 2. The molecule has 0 amide bonds. The van der Waals surface area contributed by atoms with Gasteiger partial charge in [0.05, 0.1) is 17.7 Å². The standard InChI is InChI=1S/C19H26N4O.HI/c1-3-24-17-11-16(19(17)9-4-10-19)23-18(21-2)22-13-15-7-5-14(12-20)6-8-15;/h5-8,16-17H,3-4,9-11,13H2,1-2H3,(H2,21,22,23);1H. The second-order valence-electron chi connectivity index (χ2n) is 6.70. The summed E-state index contributed by atoms with van der Waals surface area (Å²) in [6.07, 6.45) is 5.28. The van der Waals surface area contributed by atoms with E-state index in [9.17, 15) is 0 Å². The van der Waals surface area contributed by atoms with E-state index in [-0.39, 0.29) is 24.0 Å². The monoisotopic (exact) mass is 454 g/mol. The number of guanidine groups is 1. The highest BCUT2D eigenvalue weighted by atomic mass is 127. The molecule has 2 fully saturated rings. The van der Waals surface area contributed by atoms with E-state index in [2.05, 4.69) is 28.6 Å². The zero-order valence-corrected chi connectivity index (χ0v) is 17.2. The highest BCUT2D eigenvalue weighted by Gasteiger charge is 2.59. The summed E-state index contributed by atoms with van der Waals surface area (Å²) >= 11 is 0. The molecule has 2 saturated carbocycles. The van der Waals surface area contributed by atoms with Crippen LogP contribution in [0.5, 0.6) is 0 Å². The van der Waals surface area contributed by atoms with Crippen LogP contribution in [-0.2, 0) is 11.3 Å². The number of nitrogens with one attached hydrogen (secondary N) is 2. The average Bonchev–Trinajstić information content (AvgIpc) is 2.55. The Morgan fingerprint density at radius 1 is 1.36 bits per heavy atom. The minimum atomic E-state index is 0. The van der Waals surface area contributed by atoms with E-state index in [1.165, 1.54) is 19.3 Å². The lowest BCUT2D eigenvalue weighted by molar-refractivity contribution is -0.168. The molecule has 1 aromatic rings. The van der Waals surface area contributed by atoms with Gasteiger partial charge >= 0.3 is 0 Å². The smallest absolute Gasteiger partial charge is 0.191 e. The molecule has 136 valence electrons. The fraction of sp³-hybridized carbons (Fsp3) is 0.579. The number of ether oxygens (including phenoxy) is 1. The quantitative estimate of drug-likeness (QED) is 0.408. The maximum absolute atomic E-state index is 8.85. The first kappa shape index (κ1) is 20.0. The normalized spacial score (nSPS) is 23.6. The maximum Gasteiger partial charge on any atom is 0.191 e. The molecule has 2 unspecified atom stereocenters. The van der Waals surface area contributed by atoms with E-state index in [1.54, 1.807) is 7.05 Å². The second-order valence-corrected chi connectivity index (χ2v) is 6.70. The minimum absolute atomic E-state index is 0. The van der Waals surface area contributed by atoms with Gasteiger partial charge < -0.3 is 15.4 Å².